The summed E-state index contributed by atoms with van der Waals surface area (Å²) in [5, 5.41) is 1.61. The molecule has 3 atom stereocenters. The zero-order valence-electron chi connectivity index (χ0n) is 17.9. The number of carbonyl (C=O) groups excluding carboxylic acids is 1. The lowest BCUT2D eigenvalue weighted by atomic mass is 10.0. The van der Waals surface area contributed by atoms with Crippen molar-refractivity contribution in [1.29, 1.82) is 0 Å². The number of benzene rings is 1. The van der Waals surface area contributed by atoms with Crippen molar-refractivity contribution < 1.29 is 27.4 Å². The number of ether oxygens (including phenoxy) is 2. The van der Waals surface area contributed by atoms with Crippen LogP contribution in [0.3, 0.4) is 0 Å². The molecule has 1 saturated heterocycles. The van der Waals surface area contributed by atoms with Gasteiger partial charge in [0.1, 0.15) is 11.7 Å². The molecule has 0 N–H and O–H groups in total. The van der Waals surface area contributed by atoms with E-state index < -0.39 is 11.7 Å². The number of carbonyl (C=O) groups is 1. The van der Waals surface area contributed by atoms with Crippen LogP contribution in [0.15, 0.2) is 48.8 Å². The quantitative estimate of drug-likeness (QED) is 0.554. The van der Waals surface area contributed by atoms with Gasteiger partial charge in [-0.15, -0.1) is 0 Å². The van der Waals surface area contributed by atoms with Crippen molar-refractivity contribution in [1.82, 2.24) is 14.9 Å². The zero-order chi connectivity index (χ0) is 23.2. The van der Waals surface area contributed by atoms with Gasteiger partial charge in [0, 0.05) is 35.8 Å². The van der Waals surface area contributed by atoms with Crippen LogP contribution in [0.1, 0.15) is 35.7 Å². The van der Waals surface area contributed by atoms with Gasteiger partial charge in [0.2, 0.25) is 11.8 Å². The average molecular weight is 457 g/mol. The van der Waals surface area contributed by atoms with Crippen LogP contribution in [0.25, 0.3) is 10.8 Å². The van der Waals surface area contributed by atoms with Crippen LogP contribution < -0.4 is 9.47 Å². The molecule has 2 aromatic heterocycles. The highest BCUT2D eigenvalue weighted by atomic mass is 19.4. The fourth-order valence-corrected chi connectivity index (χ4v) is 4.84. The summed E-state index contributed by atoms with van der Waals surface area (Å²) in [6.45, 7) is 2.81. The highest BCUT2D eigenvalue weighted by molar-refractivity contribution is 6.09. The second kappa shape index (κ2) is 8.20. The molecule has 5 rings (SSSR count). The second-order valence-corrected chi connectivity index (χ2v) is 8.36. The molecule has 1 aliphatic heterocycles. The largest absolute Gasteiger partial charge is 0.477 e. The molecule has 0 spiro atoms. The minimum absolute atomic E-state index is 0.120. The molecule has 0 radical (unpaired) electrons. The van der Waals surface area contributed by atoms with Gasteiger partial charge in [-0.05, 0) is 31.7 Å². The van der Waals surface area contributed by atoms with Crippen LogP contribution in [0.5, 0.6) is 11.8 Å². The van der Waals surface area contributed by atoms with E-state index in [4.69, 9.17) is 9.47 Å². The van der Waals surface area contributed by atoms with E-state index in [1.165, 1.54) is 6.07 Å². The van der Waals surface area contributed by atoms with Crippen molar-refractivity contribution in [3.05, 3.63) is 59.9 Å². The maximum atomic E-state index is 13.7. The number of likely N-dealkylation sites (tertiary alicyclic amines) is 1. The number of alkyl halides is 3. The fraction of sp³-hybridized carbons (Fsp3) is 0.375. The van der Waals surface area contributed by atoms with E-state index in [1.54, 1.807) is 11.1 Å². The van der Waals surface area contributed by atoms with E-state index in [9.17, 15) is 18.0 Å². The van der Waals surface area contributed by atoms with Crippen molar-refractivity contribution in [2.45, 2.75) is 38.1 Å². The Labute approximate surface area is 188 Å². The molecule has 2 bridgehead atoms. The maximum Gasteiger partial charge on any atom is 0.417 e. The number of rotatable bonds is 5. The van der Waals surface area contributed by atoms with Crippen molar-refractivity contribution >= 4 is 16.7 Å². The summed E-state index contributed by atoms with van der Waals surface area (Å²) in [6.07, 6.45) is -0.832. The summed E-state index contributed by atoms with van der Waals surface area (Å²) in [6, 6.07) is 9.51. The van der Waals surface area contributed by atoms with Crippen molar-refractivity contribution in [3.8, 4) is 11.8 Å². The van der Waals surface area contributed by atoms with Gasteiger partial charge in [-0.1, -0.05) is 24.3 Å². The summed E-state index contributed by atoms with van der Waals surface area (Å²) in [4.78, 5) is 23.7. The second-order valence-electron chi connectivity index (χ2n) is 8.36. The normalized spacial score (nSPS) is 22.1. The number of piperidine rings is 1. The third kappa shape index (κ3) is 3.96. The highest BCUT2D eigenvalue weighted by Gasteiger charge is 2.49. The highest BCUT2D eigenvalue weighted by Crippen LogP contribution is 2.41. The molecular weight excluding hydrogens is 435 g/mol. The molecule has 1 aliphatic carbocycles. The lowest BCUT2D eigenvalue weighted by Crippen LogP contribution is -2.47. The molecule has 1 amide bonds. The van der Waals surface area contributed by atoms with Gasteiger partial charge in [-0.2, -0.15) is 13.2 Å². The van der Waals surface area contributed by atoms with E-state index in [1.807, 2.05) is 31.2 Å². The Balaban J connectivity index is 1.40. The molecule has 9 heteroatoms. The molecule has 2 fully saturated rings. The first-order valence-corrected chi connectivity index (χ1v) is 10.9. The Bertz CT molecular complexity index is 1180. The summed E-state index contributed by atoms with van der Waals surface area (Å²) in [5.74, 6) is 0.501. The number of aromatic nitrogens is 2. The lowest BCUT2D eigenvalue weighted by molar-refractivity contribution is -0.137. The SMILES string of the molecule is CCOc1ncc2ccccc2c1C(=O)N1CC2CC(Oc3ccc(C(F)(F)F)cn3)[C@H]1C2. The van der Waals surface area contributed by atoms with Crippen LogP contribution in [0, 0.1) is 5.92 Å². The van der Waals surface area contributed by atoms with Gasteiger partial charge >= 0.3 is 6.18 Å². The van der Waals surface area contributed by atoms with Gasteiger partial charge in [-0.3, -0.25) is 4.79 Å². The van der Waals surface area contributed by atoms with Gasteiger partial charge in [0.25, 0.3) is 5.91 Å². The third-order valence-electron chi connectivity index (χ3n) is 6.28. The number of hydrogen-bond acceptors (Lipinski definition) is 5. The number of halogens is 3. The van der Waals surface area contributed by atoms with Crippen molar-refractivity contribution in [2.75, 3.05) is 13.2 Å². The topological polar surface area (TPSA) is 64.5 Å². The summed E-state index contributed by atoms with van der Waals surface area (Å²) in [5.41, 5.74) is -0.402. The Kier molecular flexibility index (Phi) is 5.34. The number of amides is 1. The predicted molar refractivity (Wildman–Crippen MR) is 114 cm³/mol. The van der Waals surface area contributed by atoms with Crippen LogP contribution >= 0.6 is 0 Å². The van der Waals surface area contributed by atoms with Crippen molar-refractivity contribution in [2.24, 2.45) is 5.92 Å². The maximum absolute atomic E-state index is 13.7. The molecule has 3 heterocycles. The minimum Gasteiger partial charge on any atom is -0.477 e. The first-order valence-electron chi connectivity index (χ1n) is 10.9. The molecule has 33 heavy (non-hydrogen) atoms. The lowest BCUT2D eigenvalue weighted by Gasteiger charge is -2.33. The van der Waals surface area contributed by atoms with Gasteiger partial charge in [0.15, 0.2) is 0 Å². The minimum atomic E-state index is -4.45. The molecule has 2 unspecified atom stereocenters. The molecule has 1 aromatic carbocycles. The molecule has 172 valence electrons. The first-order chi connectivity index (χ1) is 15.8. The first kappa shape index (κ1) is 21.5. The standard InChI is InChI=1S/C24H22F3N3O3/c1-2-32-22-21(17-6-4-3-5-15(17)11-29-22)23(31)30-13-14-9-18(30)19(10-14)33-20-8-7-16(12-28-20)24(25,26)27/h3-8,11-12,14,18-19H,2,9-10,13H2,1H3/t14?,18-,19?/m1/s1. The van der Waals surface area contributed by atoms with Gasteiger partial charge in [0.05, 0.1) is 18.2 Å². The smallest absolute Gasteiger partial charge is 0.417 e. The third-order valence-corrected chi connectivity index (χ3v) is 6.28. The average Bonchev–Trinajstić information content (AvgIpc) is 3.39. The number of hydrogen-bond donors (Lipinski definition) is 0. The predicted octanol–water partition coefficient (Wildman–Crippen LogP) is 4.73. The molecular formula is C24H22F3N3O3. The van der Waals surface area contributed by atoms with Gasteiger partial charge in [-0.25, -0.2) is 9.97 Å². The van der Waals surface area contributed by atoms with E-state index in [2.05, 4.69) is 9.97 Å². The zero-order valence-corrected chi connectivity index (χ0v) is 17.9. The summed E-state index contributed by atoms with van der Waals surface area (Å²) >= 11 is 0. The molecule has 6 nitrogen and oxygen atoms in total. The summed E-state index contributed by atoms with van der Waals surface area (Å²) < 4.78 is 50.0. The number of fused-ring (bicyclic) bond motifs is 3. The van der Waals surface area contributed by atoms with Crippen molar-refractivity contribution in [3.63, 3.8) is 0 Å². The molecule has 1 saturated carbocycles. The number of nitrogens with zero attached hydrogens (tertiary/aromatic N) is 3. The monoisotopic (exact) mass is 457 g/mol. The fourth-order valence-electron chi connectivity index (χ4n) is 4.84. The van der Waals surface area contributed by atoms with Gasteiger partial charge < -0.3 is 14.4 Å². The Hall–Kier alpha value is -3.36. The van der Waals surface area contributed by atoms with Crippen LogP contribution in [0.2, 0.25) is 0 Å². The van der Waals surface area contributed by atoms with Crippen LogP contribution in [-0.2, 0) is 6.18 Å². The van der Waals surface area contributed by atoms with E-state index in [-0.39, 0.29) is 29.9 Å². The van der Waals surface area contributed by atoms with E-state index in [0.717, 1.165) is 35.9 Å². The van der Waals surface area contributed by atoms with E-state index in [0.29, 0.717) is 24.6 Å². The Morgan fingerprint density at radius 3 is 2.64 bits per heavy atom. The summed E-state index contributed by atoms with van der Waals surface area (Å²) in [7, 11) is 0. The number of pyridine rings is 2. The van der Waals surface area contributed by atoms with Crippen LogP contribution in [-0.4, -0.2) is 46.1 Å². The molecule has 2 aliphatic rings. The van der Waals surface area contributed by atoms with Crippen LogP contribution in [0.4, 0.5) is 13.2 Å². The van der Waals surface area contributed by atoms with E-state index >= 15 is 0 Å². The Morgan fingerprint density at radius 1 is 1.12 bits per heavy atom. The Morgan fingerprint density at radius 2 is 1.94 bits per heavy atom. The molecule has 3 aromatic rings.